The van der Waals surface area contributed by atoms with E-state index in [1.807, 2.05) is 12.1 Å². The van der Waals surface area contributed by atoms with E-state index in [4.69, 9.17) is 20.7 Å². The number of hydrogen-bond acceptors (Lipinski definition) is 5. The first-order valence-corrected chi connectivity index (χ1v) is 6.42. The zero-order valence-electron chi connectivity index (χ0n) is 12.0. The maximum Gasteiger partial charge on any atom is 0.348 e. The third-order valence-electron chi connectivity index (χ3n) is 2.62. The SMILES string of the molecule is CCOC(=O)/C(C#N)=C\C=C(C(=C=N)C#N)c1ccccc1. The van der Waals surface area contributed by atoms with Gasteiger partial charge in [-0.25, -0.2) is 4.79 Å². The highest BCUT2D eigenvalue weighted by Gasteiger charge is 2.10. The van der Waals surface area contributed by atoms with Crippen LogP contribution in [0.2, 0.25) is 0 Å². The van der Waals surface area contributed by atoms with E-state index in [1.54, 1.807) is 37.3 Å². The van der Waals surface area contributed by atoms with E-state index in [9.17, 15) is 4.79 Å². The molecule has 0 aromatic heterocycles. The van der Waals surface area contributed by atoms with Crippen LogP contribution in [0, 0.1) is 28.1 Å². The fraction of sp³-hybridized carbons (Fsp3) is 0.118. The van der Waals surface area contributed by atoms with Crippen molar-refractivity contribution in [2.24, 2.45) is 0 Å². The quantitative estimate of drug-likeness (QED) is 0.296. The zero-order valence-corrected chi connectivity index (χ0v) is 12.0. The van der Waals surface area contributed by atoms with Gasteiger partial charge in [0.05, 0.1) is 6.61 Å². The second kappa shape index (κ2) is 8.71. The Morgan fingerprint density at radius 1 is 1.23 bits per heavy atom. The molecule has 5 heteroatoms. The zero-order chi connectivity index (χ0) is 16.4. The van der Waals surface area contributed by atoms with Crippen molar-refractivity contribution in [2.45, 2.75) is 6.92 Å². The van der Waals surface area contributed by atoms with E-state index in [2.05, 4.69) is 5.87 Å². The predicted octanol–water partition coefficient (Wildman–Crippen LogP) is 2.78. The molecule has 0 aliphatic carbocycles. The monoisotopic (exact) mass is 291 g/mol. The highest BCUT2D eigenvalue weighted by Crippen LogP contribution is 2.21. The Bertz CT molecular complexity index is 740. The number of carbonyl (C=O) groups excluding carboxylic acids is 1. The highest BCUT2D eigenvalue weighted by molar-refractivity contribution is 5.96. The summed E-state index contributed by atoms with van der Waals surface area (Å²) in [5.41, 5.74) is 0.896. The van der Waals surface area contributed by atoms with Crippen LogP contribution < -0.4 is 0 Å². The number of benzene rings is 1. The van der Waals surface area contributed by atoms with Crippen LogP contribution in [-0.4, -0.2) is 18.4 Å². The van der Waals surface area contributed by atoms with Gasteiger partial charge in [-0.2, -0.15) is 10.5 Å². The van der Waals surface area contributed by atoms with E-state index in [-0.39, 0.29) is 17.8 Å². The highest BCUT2D eigenvalue weighted by atomic mass is 16.5. The van der Waals surface area contributed by atoms with Crippen LogP contribution in [0.25, 0.3) is 5.57 Å². The number of nitrogens with one attached hydrogen (secondary N) is 1. The molecule has 0 atom stereocenters. The summed E-state index contributed by atoms with van der Waals surface area (Å²) in [6, 6.07) is 12.5. The summed E-state index contributed by atoms with van der Waals surface area (Å²) in [4.78, 5) is 11.6. The minimum atomic E-state index is -0.731. The van der Waals surface area contributed by atoms with Crippen molar-refractivity contribution in [2.75, 3.05) is 6.61 Å². The summed E-state index contributed by atoms with van der Waals surface area (Å²) in [7, 11) is 0. The lowest BCUT2D eigenvalue weighted by atomic mass is 9.98. The number of nitriles is 2. The molecular weight excluding hydrogens is 278 g/mol. The number of rotatable bonds is 5. The van der Waals surface area contributed by atoms with Crippen molar-refractivity contribution in [3.8, 4) is 12.1 Å². The van der Waals surface area contributed by atoms with E-state index >= 15 is 0 Å². The van der Waals surface area contributed by atoms with Crippen LogP contribution in [0.4, 0.5) is 0 Å². The van der Waals surface area contributed by atoms with Gasteiger partial charge in [-0.05, 0) is 24.4 Å². The third kappa shape index (κ3) is 4.31. The number of hydrogen-bond donors (Lipinski definition) is 1. The Labute approximate surface area is 128 Å². The molecular formula is C17H13N3O2. The minimum absolute atomic E-state index is 0.00333. The van der Waals surface area contributed by atoms with Crippen LogP contribution >= 0.6 is 0 Å². The summed E-state index contributed by atoms with van der Waals surface area (Å²) in [6.07, 6.45) is 2.71. The topological polar surface area (TPSA) is 97.7 Å². The van der Waals surface area contributed by atoms with Crippen molar-refractivity contribution in [1.82, 2.24) is 0 Å². The lowest BCUT2D eigenvalue weighted by molar-refractivity contribution is -0.138. The maximum atomic E-state index is 11.6. The average Bonchev–Trinajstić information content (AvgIpc) is 2.55. The van der Waals surface area contributed by atoms with Gasteiger partial charge >= 0.3 is 5.97 Å². The molecule has 1 rings (SSSR count). The standard InChI is InChI=1S/C17H13N3O2/c1-2-22-17(21)14(10-18)8-9-16(15(11-19)12-20)13-6-4-3-5-7-13/h3-9,19H,2H2,1H3/b14-8-,16-9?. The van der Waals surface area contributed by atoms with Crippen molar-refractivity contribution in [3.05, 3.63) is 59.2 Å². The number of ether oxygens (including phenoxy) is 1. The third-order valence-corrected chi connectivity index (χ3v) is 2.62. The number of allylic oxidation sites excluding steroid dienone is 4. The molecule has 0 radical (unpaired) electrons. The van der Waals surface area contributed by atoms with Crippen LogP contribution in [0.5, 0.6) is 0 Å². The summed E-state index contributed by atoms with van der Waals surface area (Å²) >= 11 is 0. The molecule has 1 N–H and O–H groups in total. The predicted molar refractivity (Wildman–Crippen MR) is 81.6 cm³/mol. The van der Waals surface area contributed by atoms with Crippen LogP contribution in [-0.2, 0) is 9.53 Å². The number of esters is 1. The average molecular weight is 291 g/mol. The first-order valence-electron chi connectivity index (χ1n) is 6.42. The van der Waals surface area contributed by atoms with Gasteiger partial charge in [0.1, 0.15) is 23.3 Å². The smallest absolute Gasteiger partial charge is 0.348 e. The largest absolute Gasteiger partial charge is 0.462 e. The fourth-order valence-electron chi connectivity index (χ4n) is 1.62. The van der Waals surface area contributed by atoms with Gasteiger partial charge in [-0.1, -0.05) is 36.4 Å². The van der Waals surface area contributed by atoms with Gasteiger partial charge in [0, 0.05) is 5.57 Å². The van der Waals surface area contributed by atoms with Crippen LogP contribution in [0.3, 0.4) is 0 Å². The molecule has 0 heterocycles. The molecule has 0 spiro atoms. The summed E-state index contributed by atoms with van der Waals surface area (Å²) in [5, 5.41) is 25.3. The Balaban J connectivity index is 3.35. The molecule has 22 heavy (non-hydrogen) atoms. The first-order chi connectivity index (χ1) is 10.7. The molecule has 1 aromatic carbocycles. The molecule has 0 bridgehead atoms. The first kappa shape index (κ1) is 16.7. The van der Waals surface area contributed by atoms with E-state index in [0.29, 0.717) is 11.1 Å². The minimum Gasteiger partial charge on any atom is -0.462 e. The second-order valence-corrected chi connectivity index (χ2v) is 3.97. The number of carbonyl (C=O) groups is 1. The van der Waals surface area contributed by atoms with Gasteiger partial charge in [-0.3, -0.25) is 5.41 Å². The summed E-state index contributed by atoms with van der Waals surface area (Å²) in [6.45, 7) is 1.81. The van der Waals surface area contributed by atoms with Crippen molar-refractivity contribution < 1.29 is 9.53 Å². The summed E-state index contributed by atoms with van der Waals surface area (Å²) in [5.74, 6) is 1.32. The summed E-state index contributed by atoms with van der Waals surface area (Å²) < 4.78 is 4.76. The maximum absolute atomic E-state index is 11.6. The molecule has 0 aliphatic rings. The van der Waals surface area contributed by atoms with Crippen molar-refractivity contribution in [3.63, 3.8) is 0 Å². The molecule has 0 unspecified atom stereocenters. The van der Waals surface area contributed by atoms with Gasteiger partial charge in [0.15, 0.2) is 0 Å². The normalized spacial score (nSPS) is 10.9. The van der Waals surface area contributed by atoms with Gasteiger partial charge < -0.3 is 4.74 Å². The molecule has 0 saturated carbocycles. The lowest BCUT2D eigenvalue weighted by Crippen LogP contribution is -2.05. The van der Waals surface area contributed by atoms with Crippen LogP contribution in [0.1, 0.15) is 12.5 Å². The molecule has 0 saturated heterocycles. The molecule has 108 valence electrons. The Kier molecular flexibility index (Phi) is 6.59. The van der Waals surface area contributed by atoms with E-state index in [1.165, 1.54) is 12.2 Å². The molecule has 0 fully saturated rings. The van der Waals surface area contributed by atoms with Gasteiger partial charge in [0.25, 0.3) is 0 Å². The molecule has 0 aliphatic heterocycles. The van der Waals surface area contributed by atoms with Crippen molar-refractivity contribution in [1.29, 1.82) is 15.9 Å². The molecule has 0 amide bonds. The molecule has 5 nitrogen and oxygen atoms in total. The second-order valence-electron chi connectivity index (χ2n) is 3.97. The Morgan fingerprint density at radius 3 is 2.41 bits per heavy atom. The molecule has 1 aromatic rings. The lowest BCUT2D eigenvalue weighted by Gasteiger charge is -2.03. The van der Waals surface area contributed by atoms with Crippen LogP contribution in [0.15, 0.2) is 53.6 Å². The number of nitrogens with zero attached hydrogens (tertiary/aromatic N) is 2. The fourth-order valence-corrected chi connectivity index (χ4v) is 1.62. The van der Waals surface area contributed by atoms with Gasteiger partial charge in [0.2, 0.25) is 0 Å². The Hall–Kier alpha value is -3.40. The Morgan fingerprint density at radius 2 is 1.91 bits per heavy atom. The van der Waals surface area contributed by atoms with E-state index < -0.39 is 5.97 Å². The van der Waals surface area contributed by atoms with E-state index in [0.717, 1.165) is 0 Å². The van der Waals surface area contributed by atoms with Crippen molar-refractivity contribution >= 4 is 17.4 Å². The van der Waals surface area contributed by atoms with Gasteiger partial charge in [-0.15, -0.1) is 0 Å².